The number of aliphatic carboxylic acids is 1. The number of carbonyl (C=O) groups is 2. The highest BCUT2D eigenvalue weighted by molar-refractivity contribution is 7.90. The summed E-state index contributed by atoms with van der Waals surface area (Å²) in [7, 11) is -3.39. The van der Waals surface area contributed by atoms with Gasteiger partial charge in [-0.2, -0.15) is 0 Å². The molecule has 2 atom stereocenters. The zero-order chi connectivity index (χ0) is 33.9. The maximum absolute atomic E-state index is 13.6. The van der Waals surface area contributed by atoms with Crippen LogP contribution in [0.1, 0.15) is 101 Å². The molecule has 0 heterocycles. The fourth-order valence-corrected chi connectivity index (χ4v) is 7.06. The zero-order valence-electron chi connectivity index (χ0n) is 28.8. The van der Waals surface area contributed by atoms with Crippen molar-refractivity contribution in [2.24, 2.45) is 11.8 Å². The normalized spacial score (nSPS) is 15.8. The molecule has 256 valence electrons. The number of nitrogens with zero attached hydrogens (tertiary/aromatic N) is 1. The number of benzene rings is 2. The van der Waals surface area contributed by atoms with Crippen molar-refractivity contribution in [3.8, 4) is 11.1 Å². The number of rotatable bonds is 18. The summed E-state index contributed by atoms with van der Waals surface area (Å²) < 4.78 is 29.7. The van der Waals surface area contributed by atoms with Crippen LogP contribution in [0.4, 0.5) is 0 Å². The van der Waals surface area contributed by atoms with E-state index in [0.29, 0.717) is 30.6 Å². The number of aryl methyl sites for hydroxylation is 1. The van der Waals surface area contributed by atoms with Crippen LogP contribution in [-0.2, 0) is 25.9 Å². The minimum Gasteiger partial charge on any atom is -0.480 e. The van der Waals surface area contributed by atoms with Gasteiger partial charge in [-0.15, -0.1) is 0 Å². The Balaban J connectivity index is 1.94. The second-order valence-corrected chi connectivity index (χ2v) is 16.2. The minimum absolute atomic E-state index is 0.206. The first kappa shape index (κ1) is 37.7. The zero-order valence-corrected chi connectivity index (χ0v) is 29.6. The van der Waals surface area contributed by atoms with E-state index < -0.39 is 27.8 Å². The van der Waals surface area contributed by atoms with Gasteiger partial charge in [-0.05, 0) is 86.3 Å². The molecule has 2 N–H and O–H groups in total. The Morgan fingerprint density at radius 1 is 1.00 bits per heavy atom. The third kappa shape index (κ3) is 12.1. The minimum atomic E-state index is -3.39. The molecule has 2 aromatic carbocycles. The second kappa shape index (κ2) is 18.0. The first-order valence-electron chi connectivity index (χ1n) is 17.0. The number of carbonyl (C=O) groups excluding carboxylic acids is 1. The number of hydrogen-bond acceptors (Lipinski definition) is 6. The molecule has 2 aromatic rings. The average Bonchev–Trinajstić information content (AvgIpc) is 2.99. The van der Waals surface area contributed by atoms with Crippen LogP contribution in [-0.4, -0.2) is 73.6 Å². The van der Waals surface area contributed by atoms with Crippen molar-refractivity contribution < 1.29 is 27.9 Å². The molecule has 0 aliphatic heterocycles. The summed E-state index contributed by atoms with van der Waals surface area (Å²) in [5.41, 5.74) is 4.03. The van der Waals surface area contributed by atoms with Gasteiger partial charge >= 0.3 is 5.97 Å². The third-order valence-electron chi connectivity index (χ3n) is 9.12. The highest BCUT2D eigenvalue weighted by Crippen LogP contribution is 2.32. The van der Waals surface area contributed by atoms with Crippen LogP contribution >= 0.6 is 0 Å². The molecule has 46 heavy (non-hydrogen) atoms. The van der Waals surface area contributed by atoms with E-state index in [2.05, 4.69) is 44.0 Å². The summed E-state index contributed by atoms with van der Waals surface area (Å²) >= 11 is 0. The number of nitrogens with one attached hydrogen (secondary N) is 1. The molecule has 1 aliphatic rings. The van der Waals surface area contributed by atoms with E-state index in [1.807, 2.05) is 37.3 Å². The van der Waals surface area contributed by atoms with Crippen LogP contribution in [0.25, 0.3) is 11.1 Å². The monoisotopic (exact) mass is 656 g/mol. The topological polar surface area (TPSA) is 113 Å². The molecule has 0 spiro atoms. The van der Waals surface area contributed by atoms with Gasteiger partial charge in [0.15, 0.2) is 0 Å². The maximum atomic E-state index is 13.6. The summed E-state index contributed by atoms with van der Waals surface area (Å²) in [6.45, 7) is 13.0. The predicted octanol–water partition coefficient (Wildman–Crippen LogP) is 6.89. The lowest BCUT2D eigenvalue weighted by molar-refractivity contribution is -0.139. The van der Waals surface area contributed by atoms with Crippen molar-refractivity contribution in [1.82, 2.24) is 10.2 Å². The Hall–Kier alpha value is -2.75. The molecule has 3 rings (SSSR count). The first-order valence-corrected chi connectivity index (χ1v) is 19.0. The number of sulfone groups is 1. The molecule has 0 saturated heterocycles. The molecule has 9 heteroatoms. The molecule has 0 radical (unpaired) electrons. The van der Waals surface area contributed by atoms with Gasteiger partial charge in [-0.1, -0.05) is 76.3 Å². The SMILES string of the molecule is Cc1ccccc1-c1cc(CN(C(C)C)[C@@H](COCCC(C)C)CC2CCCCC2)ccc1C(=O)N[C@@H](CCS(C)(=O)=O)C(=O)O. The molecular weight excluding hydrogens is 600 g/mol. The van der Waals surface area contributed by atoms with Crippen LogP contribution in [0.5, 0.6) is 0 Å². The van der Waals surface area contributed by atoms with Crippen LogP contribution < -0.4 is 5.32 Å². The summed E-state index contributed by atoms with van der Waals surface area (Å²) in [4.78, 5) is 28.1. The van der Waals surface area contributed by atoms with Crippen molar-refractivity contribution in [3.05, 3.63) is 59.2 Å². The molecule has 1 aliphatic carbocycles. The molecule has 1 saturated carbocycles. The first-order chi connectivity index (χ1) is 21.7. The molecule has 0 aromatic heterocycles. The van der Waals surface area contributed by atoms with Crippen LogP contribution in [0.2, 0.25) is 0 Å². The van der Waals surface area contributed by atoms with Gasteiger partial charge in [-0.25, -0.2) is 13.2 Å². The molecule has 1 fully saturated rings. The maximum Gasteiger partial charge on any atom is 0.326 e. The highest BCUT2D eigenvalue weighted by atomic mass is 32.2. The van der Waals surface area contributed by atoms with Crippen molar-refractivity contribution in [1.29, 1.82) is 0 Å². The standard InChI is InChI=1S/C37H56N2O6S/c1-26(2)18-20-45-25-31(22-29-13-8-7-9-14-29)39(27(3)4)24-30-16-17-33(34(23-30)32-15-11-10-12-28(32)5)36(40)38-35(37(41)42)19-21-46(6,43)44/h10-12,15-17,23,26-27,29,31,35H,7-9,13-14,18-22,24-25H2,1-6H3,(H,38,40)(H,41,42)/t31-,35+/m1/s1. The number of carboxylic acid groups (broad SMARTS) is 1. The van der Waals surface area contributed by atoms with E-state index in [1.165, 1.54) is 32.1 Å². The Labute approximate surface area is 277 Å². The molecule has 1 amide bonds. The van der Waals surface area contributed by atoms with Crippen LogP contribution in [0.3, 0.4) is 0 Å². The van der Waals surface area contributed by atoms with Crippen LogP contribution in [0.15, 0.2) is 42.5 Å². The van der Waals surface area contributed by atoms with E-state index in [-0.39, 0.29) is 24.3 Å². The number of ether oxygens (including phenoxy) is 1. The van der Waals surface area contributed by atoms with Crippen molar-refractivity contribution >= 4 is 21.7 Å². The fraction of sp³-hybridized carbons (Fsp3) is 0.622. The Kier molecular flexibility index (Phi) is 14.7. The molecular formula is C37H56N2O6S. The molecule has 0 unspecified atom stereocenters. The Bertz CT molecular complexity index is 1380. The lowest BCUT2D eigenvalue weighted by atomic mass is 9.84. The number of amides is 1. The summed E-state index contributed by atoms with van der Waals surface area (Å²) in [6, 6.07) is 12.8. The number of hydrogen-bond donors (Lipinski definition) is 2. The summed E-state index contributed by atoms with van der Waals surface area (Å²) in [5, 5.41) is 12.3. The van der Waals surface area contributed by atoms with E-state index >= 15 is 0 Å². The number of carboxylic acids is 1. The van der Waals surface area contributed by atoms with E-state index in [4.69, 9.17) is 4.74 Å². The van der Waals surface area contributed by atoms with Gasteiger partial charge in [-0.3, -0.25) is 9.69 Å². The molecule has 0 bridgehead atoms. The van der Waals surface area contributed by atoms with E-state index in [0.717, 1.165) is 48.0 Å². The van der Waals surface area contributed by atoms with Crippen molar-refractivity contribution in [2.75, 3.05) is 25.2 Å². The smallest absolute Gasteiger partial charge is 0.326 e. The fourth-order valence-electron chi connectivity index (χ4n) is 6.40. The Morgan fingerprint density at radius 2 is 1.70 bits per heavy atom. The molecule has 8 nitrogen and oxygen atoms in total. The van der Waals surface area contributed by atoms with E-state index in [9.17, 15) is 23.1 Å². The predicted molar refractivity (Wildman–Crippen MR) is 186 cm³/mol. The van der Waals surface area contributed by atoms with E-state index in [1.54, 1.807) is 6.07 Å². The largest absolute Gasteiger partial charge is 0.480 e. The van der Waals surface area contributed by atoms with Crippen LogP contribution in [0, 0.1) is 18.8 Å². The summed E-state index contributed by atoms with van der Waals surface area (Å²) in [6.07, 6.45) is 9.47. The van der Waals surface area contributed by atoms with Gasteiger partial charge < -0.3 is 15.2 Å². The van der Waals surface area contributed by atoms with Crippen molar-refractivity contribution in [3.63, 3.8) is 0 Å². The second-order valence-electron chi connectivity index (χ2n) is 13.9. The highest BCUT2D eigenvalue weighted by Gasteiger charge is 2.28. The van der Waals surface area contributed by atoms with Gasteiger partial charge in [0, 0.05) is 37.1 Å². The average molecular weight is 657 g/mol. The van der Waals surface area contributed by atoms with Gasteiger partial charge in [0.1, 0.15) is 15.9 Å². The lowest BCUT2D eigenvalue weighted by Gasteiger charge is -2.38. The van der Waals surface area contributed by atoms with Gasteiger partial charge in [0.2, 0.25) is 0 Å². The Morgan fingerprint density at radius 3 is 2.30 bits per heavy atom. The summed E-state index contributed by atoms with van der Waals surface area (Å²) in [5.74, 6) is -0.841. The van der Waals surface area contributed by atoms with Gasteiger partial charge in [0.05, 0.1) is 12.4 Å². The lowest BCUT2D eigenvalue weighted by Crippen LogP contribution is -2.44. The van der Waals surface area contributed by atoms with Crippen molar-refractivity contribution in [2.45, 2.75) is 111 Å². The quantitative estimate of drug-likeness (QED) is 0.168. The third-order valence-corrected chi connectivity index (χ3v) is 10.1. The van der Waals surface area contributed by atoms with Gasteiger partial charge in [0.25, 0.3) is 5.91 Å².